The third kappa shape index (κ3) is 3.64. The maximum Gasteiger partial charge on any atom is 0.335 e. The molecule has 0 fully saturated rings. The molecule has 4 heteroatoms. The number of rotatable bonds is 8. The highest BCUT2D eigenvalue weighted by molar-refractivity contribution is 6.22. The molecule has 2 aromatic carbocycles. The van der Waals surface area contributed by atoms with E-state index in [1.807, 2.05) is 12.1 Å². The zero-order chi connectivity index (χ0) is 18.7. The summed E-state index contributed by atoms with van der Waals surface area (Å²) in [6, 6.07) is 10.2. The maximum absolute atomic E-state index is 12.7. The second kappa shape index (κ2) is 7.73. The first-order valence-electron chi connectivity index (χ1n) is 9.24. The number of benzene rings is 2. The number of fused-ring (bicyclic) bond motifs is 3. The largest absolute Gasteiger partial charge is 0.491 e. The number of hydrogen-bond acceptors (Lipinski definition) is 3. The van der Waals surface area contributed by atoms with Gasteiger partial charge in [-0.25, -0.2) is 4.79 Å². The Labute approximate surface area is 153 Å². The van der Waals surface area contributed by atoms with Crippen LogP contribution < -0.4 is 4.74 Å². The SMILES string of the molecule is CCCCCCC(C)Oc1ccc2c(c1)C(=O)c1cc(C(=O)O)ccc1-2. The lowest BCUT2D eigenvalue weighted by atomic mass is 10.0. The standard InChI is InChI=1S/C22H24O4/c1-3-4-5-6-7-14(2)26-16-9-11-18-17-10-8-15(22(24)25)12-19(17)21(23)20(18)13-16/h8-14H,3-7H2,1-2H3,(H,24,25). The topological polar surface area (TPSA) is 63.6 Å². The fraction of sp³-hybridized carbons (Fsp3) is 0.364. The molecule has 0 aromatic heterocycles. The van der Waals surface area contributed by atoms with E-state index in [9.17, 15) is 9.59 Å². The maximum atomic E-state index is 12.7. The number of hydrogen-bond donors (Lipinski definition) is 1. The molecule has 0 amide bonds. The van der Waals surface area contributed by atoms with E-state index in [1.54, 1.807) is 12.1 Å². The highest BCUT2D eigenvalue weighted by Gasteiger charge is 2.28. The minimum absolute atomic E-state index is 0.0994. The lowest BCUT2D eigenvalue weighted by Crippen LogP contribution is -2.11. The zero-order valence-electron chi connectivity index (χ0n) is 15.2. The molecule has 1 unspecified atom stereocenters. The van der Waals surface area contributed by atoms with Crippen LogP contribution in [0.5, 0.6) is 5.75 Å². The Morgan fingerprint density at radius 3 is 2.38 bits per heavy atom. The first-order chi connectivity index (χ1) is 12.5. The lowest BCUT2D eigenvalue weighted by molar-refractivity contribution is 0.0697. The van der Waals surface area contributed by atoms with Crippen LogP contribution in [-0.4, -0.2) is 23.0 Å². The average Bonchev–Trinajstić information content (AvgIpc) is 2.90. The Morgan fingerprint density at radius 2 is 1.69 bits per heavy atom. The molecule has 3 rings (SSSR count). The van der Waals surface area contributed by atoms with Crippen LogP contribution in [0.4, 0.5) is 0 Å². The van der Waals surface area contributed by atoms with Crippen molar-refractivity contribution < 1.29 is 19.4 Å². The van der Waals surface area contributed by atoms with Crippen molar-refractivity contribution in [1.82, 2.24) is 0 Å². The van der Waals surface area contributed by atoms with Gasteiger partial charge >= 0.3 is 5.97 Å². The van der Waals surface area contributed by atoms with Gasteiger partial charge in [-0.1, -0.05) is 32.3 Å². The zero-order valence-corrected chi connectivity index (χ0v) is 15.2. The van der Waals surface area contributed by atoms with Crippen molar-refractivity contribution in [3.63, 3.8) is 0 Å². The normalized spacial score (nSPS) is 13.2. The van der Waals surface area contributed by atoms with Crippen LogP contribution in [0.2, 0.25) is 0 Å². The molecule has 136 valence electrons. The molecule has 0 saturated carbocycles. The van der Waals surface area contributed by atoms with Gasteiger partial charge < -0.3 is 9.84 Å². The summed E-state index contributed by atoms with van der Waals surface area (Å²) < 4.78 is 5.98. The van der Waals surface area contributed by atoms with Gasteiger partial charge in [0.05, 0.1) is 11.7 Å². The summed E-state index contributed by atoms with van der Waals surface area (Å²) in [6.07, 6.45) is 5.91. The summed E-state index contributed by atoms with van der Waals surface area (Å²) in [5.74, 6) is -0.483. The summed E-state index contributed by atoms with van der Waals surface area (Å²) in [5.41, 5.74) is 2.78. The molecule has 1 aliphatic carbocycles. The molecule has 0 radical (unpaired) electrons. The predicted octanol–water partition coefficient (Wildman–Crippen LogP) is 5.33. The van der Waals surface area contributed by atoms with Gasteiger partial charge in [-0.15, -0.1) is 0 Å². The smallest absolute Gasteiger partial charge is 0.335 e. The van der Waals surface area contributed by atoms with Crippen LogP contribution in [0.25, 0.3) is 11.1 Å². The number of carboxylic acids is 1. The Morgan fingerprint density at radius 1 is 1.00 bits per heavy atom. The van der Waals surface area contributed by atoms with Crippen LogP contribution in [-0.2, 0) is 0 Å². The molecule has 2 aromatic rings. The third-order valence-corrected chi connectivity index (χ3v) is 4.84. The van der Waals surface area contributed by atoms with Crippen molar-refractivity contribution >= 4 is 11.8 Å². The van der Waals surface area contributed by atoms with Crippen molar-refractivity contribution in [2.24, 2.45) is 0 Å². The van der Waals surface area contributed by atoms with Crippen LogP contribution in [0.1, 0.15) is 72.2 Å². The van der Waals surface area contributed by atoms with Gasteiger partial charge in [-0.3, -0.25) is 4.79 Å². The number of carbonyl (C=O) groups is 2. The number of unbranched alkanes of at least 4 members (excludes halogenated alkanes) is 3. The van der Waals surface area contributed by atoms with E-state index in [-0.39, 0.29) is 17.5 Å². The molecule has 0 heterocycles. The second-order valence-corrected chi connectivity index (χ2v) is 6.88. The fourth-order valence-electron chi connectivity index (χ4n) is 3.41. The van der Waals surface area contributed by atoms with E-state index < -0.39 is 5.97 Å². The van der Waals surface area contributed by atoms with E-state index in [1.165, 1.54) is 31.4 Å². The van der Waals surface area contributed by atoms with Crippen molar-refractivity contribution in [2.75, 3.05) is 0 Å². The molecular formula is C22H24O4. The van der Waals surface area contributed by atoms with Gasteiger partial charge in [-0.2, -0.15) is 0 Å². The van der Waals surface area contributed by atoms with Gasteiger partial charge in [0.2, 0.25) is 0 Å². The summed E-state index contributed by atoms with van der Waals surface area (Å²) in [6.45, 7) is 4.24. The molecule has 0 aliphatic heterocycles. The van der Waals surface area contributed by atoms with E-state index in [4.69, 9.17) is 9.84 Å². The molecular weight excluding hydrogens is 328 g/mol. The van der Waals surface area contributed by atoms with E-state index >= 15 is 0 Å². The van der Waals surface area contributed by atoms with Gasteiger partial charge in [0.25, 0.3) is 0 Å². The molecule has 1 N–H and O–H groups in total. The van der Waals surface area contributed by atoms with Crippen molar-refractivity contribution in [2.45, 2.75) is 52.1 Å². The van der Waals surface area contributed by atoms with Crippen LogP contribution in [0, 0.1) is 0 Å². The Bertz CT molecular complexity index is 838. The number of carboxylic acid groups (broad SMARTS) is 1. The Hall–Kier alpha value is -2.62. The minimum atomic E-state index is -1.03. The monoisotopic (exact) mass is 352 g/mol. The third-order valence-electron chi connectivity index (χ3n) is 4.84. The van der Waals surface area contributed by atoms with E-state index in [0.29, 0.717) is 16.9 Å². The predicted molar refractivity (Wildman–Crippen MR) is 101 cm³/mol. The first-order valence-corrected chi connectivity index (χ1v) is 9.24. The fourth-order valence-corrected chi connectivity index (χ4v) is 3.41. The molecule has 1 atom stereocenters. The molecule has 4 nitrogen and oxygen atoms in total. The molecule has 0 saturated heterocycles. The minimum Gasteiger partial charge on any atom is -0.491 e. The molecule has 1 aliphatic rings. The first kappa shape index (κ1) is 18.2. The lowest BCUT2D eigenvalue weighted by Gasteiger charge is -2.15. The van der Waals surface area contributed by atoms with Crippen molar-refractivity contribution in [3.05, 3.63) is 53.1 Å². The number of ketones is 1. The highest BCUT2D eigenvalue weighted by atomic mass is 16.5. The van der Waals surface area contributed by atoms with E-state index in [2.05, 4.69) is 13.8 Å². The summed E-state index contributed by atoms with van der Waals surface area (Å²) in [5, 5.41) is 9.14. The summed E-state index contributed by atoms with van der Waals surface area (Å²) in [4.78, 5) is 23.8. The number of aromatic carboxylic acids is 1. The quantitative estimate of drug-likeness (QED) is 0.556. The van der Waals surface area contributed by atoms with Gasteiger partial charge in [0.1, 0.15) is 5.75 Å². The van der Waals surface area contributed by atoms with Gasteiger partial charge in [0.15, 0.2) is 5.78 Å². The van der Waals surface area contributed by atoms with Crippen LogP contribution in [0.15, 0.2) is 36.4 Å². The van der Waals surface area contributed by atoms with Crippen molar-refractivity contribution in [3.8, 4) is 16.9 Å². The Kier molecular flexibility index (Phi) is 5.40. The summed E-state index contributed by atoms with van der Waals surface area (Å²) >= 11 is 0. The second-order valence-electron chi connectivity index (χ2n) is 6.88. The molecule has 26 heavy (non-hydrogen) atoms. The molecule has 0 spiro atoms. The van der Waals surface area contributed by atoms with Crippen LogP contribution >= 0.6 is 0 Å². The van der Waals surface area contributed by atoms with Crippen molar-refractivity contribution in [1.29, 1.82) is 0 Å². The summed E-state index contributed by atoms with van der Waals surface area (Å²) in [7, 11) is 0. The number of ether oxygens (including phenoxy) is 1. The Balaban J connectivity index is 1.75. The molecule has 0 bridgehead atoms. The highest BCUT2D eigenvalue weighted by Crippen LogP contribution is 2.39. The van der Waals surface area contributed by atoms with Gasteiger partial charge in [-0.05, 0) is 61.2 Å². The van der Waals surface area contributed by atoms with Gasteiger partial charge in [0, 0.05) is 11.1 Å². The van der Waals surface area contributed by atoms with E-state index in [0.717, 1.165) is 24.0 Å². The van der Waals surface area contributed by atoms with Crippen LogP contribution in [0.3, 0.4) is 0 Å². The number of carbonyl (C=O) groups excluding carboxylic acids is 1. The average molecular weight is 352 g/mol.